The van der Waals surface area contributed by atoms with E-state index in [9.17, 15) is 4.79 Å². The van der Waals surface area contributed by atoms with E-state index < -0.39 is 0 Å². The molecule has 0 amide bonds. The van der Waals surface area contributed by atoms with Gasteiger partial charge < -0.3 is 0 Å². The lowest BCUT2D eigenvalue weighted by atomic mass is 10.2. The number of alkyl halides is 1. The molecule has 0 aromatic heterocycles. The molecule has 0 aromatic rings. The Balaban J connectivity index is 0. The van der Waals surface area contributed by atoms with Crippen LogP contribution in [0.15, 0.2) is 13.2 Å². The zero-order chi connectivity index (χ0) is 8.41. The highest BCUT2D eigenvalue weighted by atomic mass is 79.9. The number of hydrogen-bond acceptors (Lipinski definition) is 1. The van der Waals surface area contributed by atoms with E-state index in [1.165, 1.54) is 0 Å². The van der Waals surface area contributed by atoms with Crippen molar-refractivity contribution in [3.8, 4) is 0 Å². The average molecular weight is 207 g/mol. The predicted molar refractivity (Wildman–Crippen MR) is 49.6 cm³/mol. The van der Waals surface area contributed by atoms with E-state index in [-0.39, 0.29) is 0 Å². The van der Waals surface area contributed by atoms with Crippen molar-refractivity contribution in [3.63, 3.8) is 0 Å². The van der Waals surface area contributed by atoms with E-state index >= 15 is 0 Å². The Labute approximate surface area is 71.6 Å². The van der Waals surface area contributed by atoms with Gasteiger partial charge in [0.1, 0.15) is 5.78 Å². The summed E-state index contributed by atoms with van der Waals surface area (Å²) in [5.41, 5.74) is 0. The quantitative estimate of drug-likeness (QED) is 0.511. The van der Waals surface area contributed by atoms with Crippen LogP contribution in [0.5, 0.6) is 0 Å². The van der Waals surface area contributed by atoms with Crippen molar-refractivity contribution in [3.05, 3.63) is 13.2 Å². The van der Waals surface area contributed by atoms with Gasteiger partial charge in [0.2, 0.25) is 0 Å². The van der Waals surface area contributed by atoms with Gasteiger partial charge in [0, 0.05) is 18.2 Å². The Kier molecular flexibility index (Phi) is 14.6. The predicted octanol–water partition coefficient (Wildman–Crippen LogP) is 2.94. The minimum atomic E-state index is 0.365. The number of carbonyl (C=O) groups is 1. The number of carbonyl (C=O) groups excluding carboxylic acids is 1. The van der Waals surface area contributed by atoms with Crippen LogP contribution >= 0.6 is 15.9 Å². The summed E-state index contributed by atoms with van der Waals surface area (Å²) >= 11 is 3.20. The second-order valence-electron chi connectivity index (χ2n) is 1.73. The Hall–Kier alpha value is -0.110. The van der Waals surface area contributed by atoms with E-state index in [1.54, 1.807) is 0 Å². The van der Waals surface area contributed by atoms with Crippen LogP contribution in [0.25, 0.3) is 0 Å². The van der Waals surface area contributed by atoms with E-state index in [2.05, 4.69) is 29.1 Å². The minimum Gasteiger partial charge on any atom is -0.300 e. The fourth-order valence-corrected chi connectivity index (χ4v) is 0.951. The highest BCUT2D eigenvalue weighted by Gasteiger charge is 1.95. The van der Waals surface area contributed by atoms with Crippen LogP contribution in [0.2, 0.25) is 0 Å². The molecular formula is C8H15BrO. The maximum Gasteiger partial charge on any atom is 0.133 e. The largest absolute Gasteiger partial charge is 0.300 e. The third-order valence-electron chi connectivity index (χ3n) is 0.902. The number of rotatable bonds is 4. The third kappa shape index (κ3) is 10.8. The summed E-state index contributed by atoms with van der Waals surface area (Å²) in [4.78, 5) is 10.6. The number of hydrogen-bond donors (Lipinski definition) is 0. The van der Waals surface area contributed by atoms with Gasteiger partial charge in [-0.15, -0.1) is 13.2 Å². The Morgan fingerprint density at radius 2 is 1.90 bits per heavy atom. The standard InChI is InChI=1S/C6H11BrO.C2H4/c1-2-3-6(8)4-5-7;1-2/h2-5H2,1H3;1-2H2. The molecule has 0 unspecified atom stereocenters. The molecule has 0 radical (unpaired) electrons. The van der Waals surface area contributed by atoms with Gasteiger partial charge in [0.25, 0.3) is 0 Å². The molecule has 0 aliphatic heterocycles. The first-order valence-corrected chi connectivity index (χ1v) is 4.51. The van der Waals surface area contributed by atoms with E-state index in [4.69, 9.17) is 0 Å². The lowest BCUT2D eigenvalue weighted by Gasteiger charge is -1.90. The Morgan fingerprint density at radius 3 is 2.20 bits per heavy atom. The lowest BCUT2D eigenvalue weighted by Crippen LogP contribution is -1.95. The van der Waals surface area contributed by atoms with Crippen molar-refractivity contribution in [1.29, 1.82) is 0 Å². The maximum atomic E-state index is 10.6. The first kappa shape index (κ1) is 12.6. The summed E-state index contributed by atoms with van der Waals surface area (Å²) in [6.07, 6.45) is 2.41. The molecule has 10 heavy (non-hydrogen) atoms. The minimum absolute atomic E-state index is 0.365. The number of ketones is 1. The molecule has 0 aromatic carbocycles. The molecule has 60 valence electrons. The molecule has 0 N–H and O–H groups in total. The summed E-state index contributed by atoms with van der Waals surface area (Å²) in [6.45, 7) is 8.02. The van der Waals surface area contributed by atoms with Gasteiger partial charge in [0.05, 0.1) is 0 Å². The molecular weight excluding hydrogens is 192 g/mol. The topological polar surface area (TPSA) is 17.1 Å². The van der Waals surface area contributed by atoms with Crippen molar-refractivity contribution in [2.75, 3.05) is 5.33 Å². The summed E-state index contributed by atoms with van der Waals surface area (Å²) in [5.74, 6) is 0.365. The van der Waals surface area contributed by atoms with Crippen LogP contribution in [0.3, 0.4) is 0 Å². The number of halogens is 1. The second kappa shape index (κ2) is 11.7. The van der Waals surface area contributed by atoms with Gasteiger partial charge >= 0.3 is 0 Å². The van der Waals surface area contributed by atoms with E-state index in [1.807, 2.05) is 6.92 Å². The molecule has 0 atom stereocenters. The highest BCUT2D eigenvalue weighted by molar-refractivity contribution is 9.09. The smallest absolute Gasteiger partial charge is 0.133 e. The maximum absolute atomic E-state index is 10.6. The van der Waals surface area contributed by atoms with Crippen LogP contribution in [0, 0.1) is 0 Å². The van der Waals surface area contributed by atoms with Crippen molar-refractivity contribution in [2.45, 2.75) is 26.2 Å². The van der Waals surface area contributed by atoms with Crippen LogP contribution in [-0.2, 0) is 4.79 Å². The first-order chi connectivity index (χ1) is 4.81. The fourth-order valence-electron chi connectivity index (χ4n) is 0.509. The van der Waals surface area contributed by atoms with Gasteiger partial charge in [-0.3, -0.25) is 4.79 Å². The van der Waals surface area contributed by atoms with Crippen LogP contribution in [0.1, 0.15) is 26.2 Å². The van der Waals surface area contributed by atoms with Crippen LogP contribution in [-0.4, -0.2) is 11.1 Å². The third-order valence-corrected chi connectivity index (χ3v) is 1.30. The van der Waals surface area contributed by atoms with Crippen LogP contribution in [0.4, 0.5) is 0 Å². The molecule has 2 heteroatoms. The normalized spacial score (nSPS) is 7.80. The van der Waals surface area contributed by atoms with Gasteiger partial charge in [-0.25, -0.2) is 0 Å². The Morgan fingerprint density at radius 1 is 1.40 bits per heavy atom. The van der Waals surface area contributed by atoms with Crippen LogP contribution < -0.4 is 0 Å². The molecule has 0 bridgehead atoms. The SMILES string of the molecule is C=C.CCCC(=O)CCBr. The van der Waals surface area contributed by atoms with Gasteiger partial charge in [-0.2, -0.15) is 0 Å². The molecule has 0 saturated heterocycles. The fraction of sp³-hybridized carbons (Fsp3) is 0.625. The van der Waals surface area contributed by atoms with E-state index in [0.29, 0.717) is 12.2 Å². The Bertz CT molecular complexity index is 73.3. The van der Waals surface area contributed by atoms with E-state index in [0.717, 1.165) is 18.2 Å². The van der Waals surface area contributed by atoms with Crippen molar-refractivity contribution < 1.29 is 4.79 Å². The van der Waals surface area contributed by atoms with Crippen molar-refractivity contribution >= 4 is 21.7 Å². The monoisotopic (exact) mass is 206 g/mol. The highest BCUT2D eigenvalue weighted by Crippen LogP contribution is 1.95. The summed E-state index contributed by atoms with van der Waals surface area (Å²) in [7, 11) is 0. The molecule has 0 saturated carbocycles. The molecule has 0 aliphatic rings. The molecule has 0 rings (SSSR count). The number of Topliss-reactive ketones (excluding diaryl/α,β-unsaturated/α-hetero) is 1. The molecule has 1 nitrogen and oxygen atoms in total. The van der Waals surface area contributed by atoms with Gasteiger partial charge in [0.15, 0.2) is 0 Å². The second-order valence-corrected chi connectivity index (χ2v) is 2.52. The zero-order valence-electron chi connectivity index (χ0n) is 6.53. The average Bonchev–Trinajstić information content (AvgIpc) is 1.93. The van der Waals surface area contributed by atoms with Crippen molar-refractivity contribution in [1.82, 2.24) is 0 Å². The summed E-state index contributed by atoms with van der Waals surface area (Å²) in [5, 5.41) is 0.811. The summed E-state index contributed by atoms with van der Waals surface area (Å²) in [6, 6.07) is 0. The molecule has 0 spiro atoms. The lowest BCUT2D eigenvalue weighted by molar-refractivity contribution is -0.118. The van der Waals surface area contributed by atoms with Crippen molar-refractivity contribution in [2.24, 2.45) is 0 Å². The zero-order valence-corrected chi connectivity index (χ0v) is 8.11. The van der Waals surface area contributed by atoms with Gasteiger partial charge in [-0.1, -0.05) is 22.9 Å². The first-order valence-electron chi connectivity index (χ1n) is 3.39. The molecule has 0 heterocycles. The van der Waals surface area contributed by atoms with Gasteiger partial charge in [-0.05, 0) is 6.42 Å². The molecule has 0 fully saturated rings. The summed E-state index contributed by atoms with van der Waals surface area (Å²) < 4.78 is 0. The molecule has 0 aliphatic carbocycles.